The summed E-state index contributed by atoms with van der Waals surface area (Å²) in [4.78, 5) is 0. The number of fused-ring (bicyclic) bond motifs is 1. The Morgan fingerprint density at radius 2 is 1.38 bits per heavy atom. The maximum absolute atomic E-state index is 13.6. The SMILES string of the molecule is CC(C)[Si](Oc1c(I)cc(I)c2c1OC(F)(F)O2)(C(C)C)C(C)C. The third-order valence-corrected chi connectivity index (χ3v) is 12.1. The van der Waals surface area contributed by atoms with Gasteiger partial charge in [-0.1, -0.05) is 41.5 Å². The van der Waals surface area contributed by atoms with E-state index in [2.05, 4.69) is 68.9 Å². The van der Waals surface area contributed by atoms with Gasteiger partial charge in [0.05, 0.1) is 7.14 Å². The van der Waals surface area contributed by atoms with Crippen LogP contribution < -0.4 is 13.9 Å². The van der Waals surface area contributed by atoms with E-state index in [0.29, 0.717) is 25.9 Å². The Bertz CT molecular complexity index is 614. The number of halogens is 4. The Kier molecular flexibility index (Phi) is 6.01. The summed E-state index contributed by atoms with van der Waals surface area (Å²) in [6.07, 6.45) is -3.65. The Morgan fingerprint density at radius 3 is 1.83 bits per heavy atom. The molecule has 136 valence electrons. The van der Waals surface area contributed by atoms with Crippen LogP contribution in [0.15, 0.2) is 6.07 Å². The minimum Gasteiger partial charge on any atom is -0.539 e. The highest BCUT2D eigenvalue weighted by molar-refractivity contribution is 14.1. The van der Waals surface area contributed by atoms with Gasteiger partial charge in [0.25, 0.3) is 8.32 Å². The van der Waals surface area contributed by atoms with E-state index >= 15 is 0 Å². The van der Waals surface area contributed by atoms with E-state index in [1.165, 1.54) is 0 Å². The molecule has 0 aromatic heterocycles. The molecule has 24 heavy (non-hydrogen) atoms. The fraction of sp³-hybridized carbons (Fsp3) is 0.625. The molecule has 1 aliphatic heterocycles. The van der Waals surface area contributed by atoms with Crippen molar-refractivity contribution in [1.82, 2.24) is 0 Å². The third kappa shape index (κ3) is 3.51. The molecule has 0 fully saturated rings. The number of hydrogen-bond acceptors (Lipinski definition) is 3. The van der Waals surface area contributed by atoms with Crippen molar-refractivity contribution in [2.24, 2.45) is 0 Å². The lowest BCUT2D eigenvalue weighted by molar-refractivity contribution is -0.287. The molecule has 0 saturated heterocycles. The van der Waals surface area contributed by atoms with E-state index in [9.17, 15) is 8.78 Å². The fourth-order valence-corrected chi connectivity index (χ4v) is 11.0. The average molecular weight is 582 g/mol. The van der Waals surface area contributed by atoms with Gasteiger partial charge >= 0.3 is 6.29 Å². The number of benzene rings is 1. The molecule has 0 radical (unpaired) electrons. The van der Waals surface area contributed by atoms with Crippen LogP contribution >= 0.6 is 45.2 Å². The van der Waals surface area contributed by atoms with E-state index < -0.39 is 14.6 Å². The van der Waals surface area contributed by atoms with Gasteiger partial charge in [-0.2, -0.15) is 0 Å². The summed E-state index contributed by atoms with van der Waals surface area (Å²) in [7, 11) is -2.29. The molecule has 0 unspecified atom stereocenters. The van der Waals surface area contributed by atoms with Gasteiger partial charge < -0.3 is 13.9 Å². The minimum absolute atomic E-state index is 0.0233. The van der Waals surface area contributed by atoms with Gasteiger partial charge in [0.15, 0.2) is 11.5 Å². The second kappa shape index (κ2) is 7.05. The van der Waals surface area contributed by atoms with Crippen LogP contribution in [-0.4, -0.2) is 14.6 Å². The zero-order valence-corrected chi connectivity index (χ0v) is 19.9. The van der Waals surface area contributed by atoms with Crippen LogP contribution in [0, 0.1) is 7.14 Å². The van der Waals surface area contributed by atoms with Crippen molar-refractivity contribution in [3.8, 4) is 17.2 Å². The summed E-state index contributed by atoms with van der Waals surface area (Å²) in [6.45, 7) is 12.9. The molecule has 0 N–H and O–H groups in total. The van der Waals surface area contributed by atoms with Crippen molar-refractivity contribution < 1.29 is 22.7 Å². The Balaban J connectivity index is 2.60. The van der Waals surface area contributed by atoms with Gasteiger partial charge in [0.1, 0.15) is 0 Å². The fourth-order valence-electron chi connectivity index (χ4n) is 3.63. The van der Waals surface area contributed by atoms with Crippen molar-refractivity contribution in [2.45, 2.75) is 64.5 Å². The smallest absolute Gasteiger partial charge is 0.539 e. The van der Waals surface area contributed by atoms with Crippen LogP contribution in [-0.2, 0) is 0 Å². The number of rotatable bonds is 5. The van der Waals surface area contributed by atoms with Gasteiger partial charge in [-0.15, -0.1) is 8.78 Å². The summed E-state index contributed by atoms with van der Waals surface area (Å²) in [5.41, 5.74) is 0.975. The van der Waals surface area contributed by atoms with Gasteiger partial charge in [0, 0.05) is 0 Å². The van der Waals surface area contributed by atoms with Gasteiger partial charge in [-0.25, -0.2) is 0 Å². The lowest BCUT2D eigenvalue weighted by Crippen LogP contribution is -2.50. The van der Waals surface area contributed by atoms with Crippen molar-refractivity contribution >= 4 is 53.5 Å². The lowest BCUT2D eigenvalue weighted by atomic mass is 10.3. The molecule has 2 rings (SSSR count). The molecular formula is C16H22F2I2O3Si. The summed E-state index contributed by atoms with van der Waals surface area (Å²) in [5.74, 6) is 0.483. The molecule has 1 heterocycles. The van der Waals surface area contributed by atoms with E-state index in [-0.39, 0.29) is 11.5 Å². The van der Waals surface area contributed by atoms with Gasteiger partial charge in [-0.05, 0) is 67.9 Å². The summed E-state index contributed by atoms with van der Waals surface area (Å²) < 4.78 is 44.7. The van der Waals surface area contributed by atoms with Gasteiger partial charge in [0.2, 0.25) is 5.75 Å². The van der Waals surface area contributed by atoms with Crippen molar-refractivity contribution in [3.05, 3.63) is 13.2 Å². The first-order valence-corrected chi connectivity index (χ1v) is 12.2. The van der Waals surface area contributed by atoms with Crippen LogP contribution in [0.3, 0.4) is 0 Å². The molecular weight excluding hydrogens is 560 g/mol. The highest BCUT2D eigenvalue weighted by Crippen LogP contribution is 2.54. The molecule has 0 saturated carbocycles. The average Bonchev–Trinajstić information content (AvgIpc) is 2.73. The molecule has 0 aliphatic carbocycles. The number of alkyl halides is 2. The highest BCUT2D eigenvalue weighted by Gasteiger charge is 2.51. The van der Waals surface area contributed by atoms with Crippen LogP contribution in [0.4, 0.5) is 8.78 Å². The largest absolute Gasteiger partial charge is 0.586 e. The van der Waals surface area contributed by atoms with Crippen LogP contribution in [0.2, 0.25) is 16.6 Å². The van der Waals surface area contributed by atoms with Crippen LogP contribution in [0.1, 0.15) is 41.5 Å². The maximum atomic E-state index is 13.6. The van der Waals surface area contributed by atoms with Crippen molar-refractivity contribution in [2.75, 3.05) is 0 Å². The predicted octanol–water partition coefficient (Wildman–Crippen LogP) is 6.77. The van der Waals surface area contributed by atoms with E-state index in [1.54, 1.807) is 6.07 Å². The summed E-state index contributed by atoms with van der Waals surface area (Å²) in [5, 5.41) is 0. The van der Waals surface area contributed by atoms with Crippen LogP contribution in [0.25, 0.3) is 0 Å². The molecule has 0 amide bonds. The minimum atomic E-state index is -3.65. The van der Waals surface area contributed by atoms with E-state index in [0.717, 1.165) is 3.57 Å². The lowest BCUT2D eigenvalue weighted by Gasteiger charge is -2.42. The Hall–Kier alpha value is 0.157. The third-order valence-electron chi connectivity index (χ3n) is 4.53. The maximum Gasteiger partial charge on any atom is 0.586 e. The first-order chi connectivity index (χ1) is 10.9. The molecule has 1 aromatic rings. The Labute approximate surface area is 170 Å². The van der Waals surface area contributed by atoms with E-state index in [1.807, 2.05) is 22.6 Å². The number of ether oxygens (including phenoxy) is 2. The van der Waals surface area contributed by atoms with Crippen molar-refractivity contribution in [3.63, 3.8) is 0 Å². The zero-order valence-electron chi connectivity index (χ0n) is 14.5. The summed E-state index contributed by atoms with van der Waals surface area (Å²) >= 11 is 4.09. The van der Waals surface area contributed by atoms with Crippen molar-refractivity contribution in [1.29, 1.82) is 0 Å². The molecule has 0 atom stereocenters. The van der Waals surface area contributed by atoms with E-state index in [4.69, 9.17) is 9.16 Å². The molecule has 1 aromatic carbocycles. The highest BCUT2D eigenvalue weighted by atomic mass is 127. The first kappa shape index (κ1) is 20.5. The molecule has 3 nitrogen and oxygen atoms in total. The first-order valence-electron chi connectivity index (χ1n) is 7.89. The standard InChI is InChI=1S/C16H22F2I2O3Si/c1-8(2)24(9(3)4,10(5)6)23-14-12(20)7-11(19)13-15(14)22-16(17,18)21-13/h7-10H,1-6H3. The second-order valence-electron chi connectivity index (χ2n) is 6.91. The zero-order chi connectivity index (χ0) is 18.4. The predicted molar refractivity (Wildman–Crippen MR) is 110 cm³/mol. The molecule has 0 spiro atoms. The monoisotopic (exact) mass is 582 g/mol. The second-order valence-corrected chi connectivity index (χ2v) is 14.6. The summed E-state index contributed by atoms with van der Waals surface area (Å²) in [6, 6.07) is 1.79. The molecule has 1 aliphatic rings. The van der Waals surface area contributed by atoms with Gasteiger partial charge in [-0.3, -0.25) is 0 Å². The Morgan fingerprint density at radius 1 is 0.917 bits per heavy atom. The topological polar surface area (TPSA) is 27.7 Å². The van der Waals surface area contributed by atoms with Crippen LogP contribution in [0.5, 0.6) is 17.2 Å². The molecule has 8 heteroatoms. The quantitative estimate of drug-likeness (QED) is 0.284. The molecule has 0 bridgehead atoms. The normalized spacial score (nSPS) is 16.4. The number of hydrogen-bond donors (Lipinski definition) is 0.